The number of aryl methyl sites for hydroxylation is 1. The molecule has 1 rings (SSSR count). The first-order valence-corrected chi connectivity index (χ1v) is 4.94. The number of aromatic nitrogens is 1. The summed E-state index contributed by atoms with van der Waals surface area (Å²) in [5, 5.41) is 9.51. The van der Waals surface area contributed by atoms with Crippen molar-refractivity contribution >= 4 is 16.5 Å². The van der Waals surface area contributed by atoms with Crippen molar-refractivity contribution in [1.82, 2.24) is 4.98 Å². The summed E-state index contributed by atoms with van der Waals surface area (Å²) in [6.45, 7) is 1.45. The Morgan fingerprint density at radius 3 is 2.27 bits per heavy atom. The molecule has 0 aliphatic rings. The van der Waals surface area contributed by atoms with E-state index in [2.05, 4.69) is 4.98 Å². The quantitative estimate of drug-likeness (QED) is 0.860. The number of thiazole rings is 1. The Hall–Kier alpha value is -0.820. The number of nitrogens with zero attached hydrogens (tertiary/aromatic N) is 2. The average Bonchev–Trinajstić information content (AvgIpc) is 2.44. The molecule has 0 aliphatic heterocycles. The van der Waals surface area contributed by atoms with E-state index in [9.17, 15) is 13.2 Å². The van der Waals surface area contributed by atoms with Crippen molar-refractivity contribution in [2.75, 3.05) is 19.0 Å². The second kappa shape index (κ2) is 3.97. The minimum absolute atomic E-state index is 0.147. The van der Waals surface area contributed by atoms with Gasteiger partial charge in [0.2, 0.25) is 0 Å². The number of halogens is 3. The molecule has 1 heterocycles. The third-order valence-electron chi connectivity index (χ3n) is 1.76. The van der Waals surface area contributed by atoms with Gasteiger partial charge >= 0.3 is 6.18 Å². The second-order valence-electron chi connectivity index (χ2n) is 3.28. The zero-order chi connectivity index (χ0) is 11.8. The largest absolute Gasteiger partial charge is 0.419 e. The van der Waals surface area contributed by atoms with Crippen LogP contribution >= 0.6 is 11.3 Å². The molecular formula is C8H11F3N2OS. The van der Waals surface area contributed by atoms with Crippen molar-refractivity contribution in [2.45, 2.75) is 19.2 Å². The highest BCUT2D eigenvalue weighted by Gasteiger charge is 2.41. The highest BCUT2D eigenvalue weighted by Crippen LogP contribution is 2.38. The molecule has 0 saturated heterocycles. The fourth-order valence-electron chi connectivity index (χ4n) is 0.987. The minimum atomic E-state index is -4.64. The maximum atomic E-state index is 12.2. The fraction of sp³-hybridized carbons (Fsp3) is 0.625. The molecule has 3 nitrogen and oxygen atoms in total. The van der Waals surface area contributed by atoms with Crippen LogP contribution in [0.5, 0.6) is 0 Å². The highest BCUT2D eigenvalue weighted by atomic mass is 32.1. The summed E-state index contributed by atoms with van der Waals surface area (Å²) < 4.78 is 36.7. The zero-order valence-electron chi connectivity index (χ0n) is 8.46. The van der Waals surface area contributed by atoms with Gasteiger partial charge in [-0.05, 0) is 6.92 Å². The first-order valence-electron chi connectivity index (χ1n) is 4.13. The van der Waals surface area contributed by atoms with Gasteiger partial charge in [0.1, 0.15) is 0 Å². The first kappa shape index (κ1) is 12.3. The Morgan fingerprint density at radius 1 is 1.40 bits per heavy atom. The van der Waals surface area contributed by atoms with Crippen LogP contribution in [0.15, 0.2) is 0 Å². The van der Waals surface area contributed by atoms with Crippen LogP contribution in [0.25, 0.3) is 0 Å². The van der Waals surface area contributed by atoms with E-state index in [0.717, 1.165) is 11.3 Å². The van der Waals surface area contributed by atoms with Crippen LogP contribution in [0.4, 0.5) is 18.3 Å². The molecule has 0 saturated carbocycles. The average molecular weight is 240 g/mol. The number of hydrogen-bond donors (Lipinski definition) is 1. The Morgan fingerprint density at radius 2 is 1.93 bits per heavy atom. The third kappa shape index (κ3) is 2.60. The summed E-state index contributed by atoms with van der Waals surface area (Å²) in [4.78, 5) is 5.38. The molecular weight excluding hydrogens is 229 g/mol. The number of aliphatic hydroxyl groups excluding tert-OH is 1. The molecule has 15 heavy (non-hydrogen) atoms. The molecule has 0 spiro atoms. The molecule has 0 radical (unpaired) electrons. The standard InChI is InChI=1S/C8H11F3N2OS/c1-4-5(6(14)8(9,10)11)15-7(12-4)13(2)3/h6,14H,1-3H3. The Kier molecular flexibility index (Phi) is 3.25. The van der Waals surface area contributed by atoms with Crippen LogP contribution in [0, 0.1) is 6.92 Å². The van der Waals surface area contributed by atoms with E-state index in [0.29, 0.717) is 5.13 Å². The third-order valence-corrected chi connectivity index (χ3v) is 3.14. The number of rotatable bonds is 2. The van der Waals surface area contributed by atoms with Crippen LogP contribution in [0.2, 0.25) is 0 Å². The van der Waals surface area contributed by atoms with Gasteiger partial charge in [0, 0.05) is 14.1 Å². The molecule has 0 amide bonds. The van der Waals surface area contributed by atoms with E-state index < -0.39 is 12.3 Å². The molecule has 1 aromatic heterocycles. The lowest BCUT2D eigenvalue weighted by Gasteiger charge is -2.12. The number of hydrogen-bond acceptors (Lipinski definition) is 4. The SMILES string of the molecule is Cc1nc(N(C)C)sc1C(O)C(F)(F)F. The lowest BCUT2D eigenvalue weighted by atomic mass is 10.2. The Bertz CT molecular complexity index is 348. The topological polar surface area (TPSA) is 36.4 Å². The van der Waals surface area contributed by atoms with E-state index in [-0.39, 0.29) is 10.6 Å². The van der Waals surface area contributed by atoms with E-state index in [4.69, 9.17) is 5.11 Å². The smallest absolute Gasteiger partial charge is 0.379 e. The molecule has 1 unspecified atom stereocenters. The van der Waals surface area contributed by atoms with Gasteiger partial charge in [0.05, 0.1) is 10.6 Å². The summed E-state index contributed by atoms with van der Waals surface area (Å²) in [7, 11) is 3.37. The predicted molar refractivity (Wildman–Crippen MR) is 52.2 cm³/mol. The normalized spacial score (nSPS) is 14.1. The molecule has 86 valence electrons. The Balaban J connectivity index is 3.05. The monoisotopic (exact) mass is 240 g/mol. The van der Waals surface area contributed by atoms with Gasteiger partial charge in [-0.3, -0.25) is 0 Å². The summed E-state index contributed by atoms with van der Waals surface area (Å²) in [6, 6.07) is 0. The van der Waals surface area contributed by atoms with E-state index in [1.54, 1.807) is 19.0 Å². The predicted octanol–water partition coefficient (Wildman–Crippen LogP) is 2.11. The molecule has 0 fully saturated rings. The van der Waals surface area contributed by atoms with Gasteiger partial charge in [-0.25, -0.2) is 4.98 Å². The van der Waals surface area contributed by atoms with Gasteiger partial charge in [-0.1, -0.05) is 11.3 Å². The summed E-state index contributed by atoms with van der Waals surface area (Å²) in [6.07, 6.45) is -7.08. The molecule has 1 atom stereocenters. The lowest BCUT2D eigenvalue weighted by molar-refractivity contribution is -0.205. The van der Waals surface area contributed by atoms with Crippen LogP contribution in [-0.2, 0) is 0 Å². The second-order valence-corrected chi connectivity index (χ2v) is 4.29. The van der Waals surface area contributed by atoms with Crippen molar-refractivity contribution < 1.29 is 18.3 Å². The maximum Gasteiger partial charge on any atom is 0.419 e. The number of alkyl halides is 3. The number of anilines is 1. The summed E-state index contributed by atoms with van der Waals surface area (Å²) in [5.74, 6) is 0. The van der Waals surface area contributed by atoms with Crippen LogP contribution in [0.1, 0.15) is 16.7 Å². The highest BCUT2D eigenvalue weighted by molar-refractivity contribution is 7.15. The summed E-state index contributed by atoms with van der Waals surface area (Å²) >= 11 is 0.847. The Labute approximate surface area is 89.2 Å². The van der Waals surface area contributed by atoms with Crippen molar-refractivity contribution in [3.63, 3.8) is 0 Å². The molecule has 1 N–H and O–H groups in total. The van der Waals surface area contributed by atoms with Crippen molar-refractivity contribution in [2.24, 2.45) is 0 Å². The van der Waals surface area contributed by atoms with Gasteiger partial charge in [-0.15, -0.1) is 0 Å². The molecule has 0 bridgehead atoms. The minimum Gasteiger partial charge on any atom is -0.379 e. The van der Waals surface area contributed by atoms with Gasteiger partial charge in [0.25, 0.3) is 0 Å². The molecule has 0 aliphatic carbocycles. The van der Waals surface area contributed by atoms with Crippen molar-refractivity contribution in [1.29, 1.82) is 0 Å². The van der Waals surface area contributed by atoms with Crippen LogP contribution < -0.4 is 4.90 Å². The molecule has 0 aromatic carbocycles. The fourth-order valence-corrected chi connectivity index (χ4v) is 1.99. The van der Waals surface area contributed by atoms with Crippen molar-refractivity contribution in [3.8, 4) is 0 Å². The summed E-state index contributed by atoms with van der Waals surface area (Å²) in [5.41, 5.74) is 0.216. The van der Waals surface area contributed by atoms with Crippen LogP contribution in [-0.4, -0.2) is 30.4 Å². The molecule has 7 heteroatoms. The maximum absolute atomic E-state index is 12.2. The van der Waals surface area contributed by atoms with E-state index in [1.165, 1.54) is 6.92 Å². The lowest BCUT2D eigenvalue weighted by Crippen LogP contribution is -2.19. The van der Waals surface area contributed by atoms with Crippen LogP contribution in [0.3, 0.4) is 0 Å². The van der Waals surface area contributed by atoms with E-state index in [1.807, 2.05) is 0 Å². The van der Waals surface area contributed by atoms with Gasteiger partial charge in [0.15, 0.2) is 11.2 Å². The molecule has 1 aromatic rings. The number of aliphatic hydroxyl groups is 1. The van der Waals surface area contributed by atoms with E-state index >= 15 is 0 Å². The zero-order valence-corrected chi connectivity index (χ0v) is 9.28. The van der Waals surface area contributed by atoms with Gasteiger partial charge in [-0.2, -0.15) is 13.2 Å². The first-order chi connectivity index (χ1) is 6.73. The van der Waals surface area contributed by atoms with Crippen molar-refractivity contribution in [3.05, 3.63) is 10.6 Å². The van der Waals surface area contributed by atoms with Gasteiger partial charge < -0.3 is 10.0 Å².